The lowest BCUT2D eigenvalue weighted by Crippen LogP contribution is -2.72. The molecule has 0 unspecified atom stereocenters. The minimum absolute atomic E-state index is 0.00872. The number of amides is 1. The molecule has 1 amide bonds. The van der Waals surface area contributed by atoms with Gasteiger partial charge in [-0.05, 0) is 25.2 Å². The van der Waals surface area contributed by atoms with E-state index in [-0.39, 0.29) is 11.9 Å². The van der Waals surface area contributed by atoms with Crippen molar-refractivity contribution in [2.45, 2.75) is 18.7 Å². The maximum atomic E-state index is 13.0. The number of nitrogens with one attached hydrogen (secondary N) is 1. The van der Waals surface area contributed by atoms with Gasteiger partial charge in [-0.25, -0.2) is 0 Å². The molecular weight excluding hydrogens is 326 g/mol. The van der Waals surface area contributed by atoms with Crippen molar-refractivity contribution in [3.8, 4) is 5.75 Å². The summed E-state index contributed by atoms with van der Waals surface area (Å²) in [6.07, 6.45) is 0. The fraction of sp³-hybridized carbons (Fsp3) is 0.529. The molecule has 2 heterocycles. The molecule has 0 aliphatic carbocycles. The van der Waals surface area contributed by atoms with Crippen LogP contribution < -0.4 is 10.1 Å². The molecule has 7 heteroatoms. The van der Waals surface area contributed by atoms with E-state index < -0.39 is 11.6 Å². The Morgan fingerprint density at radius 2 is 2.17 bits per heavy atom. The number of para-hydroxylation sites is 1. The SMILES string of the molecule is COCCN1C(=S)N[C@@H]2c3ccccc3O[C@@]1(C)[C@H]2C(=O)N(C)C. The van der Waals surface area contributed by atoms with Crippen LogP contribution in [0.4, 0.5) is 0 Å². The predicted molar refractivity (Wildman–Crippen MR) is 94.7 cm³/mol. The summed E-state index contributed by atoms with van der Waals surface area (Å²) in [6, 6.07) is 7.59. The van der Waals surface area contributed by atoms with Gasteiger partial charge in [-0.15, -0.1) is 0 Å². The number of carbonyl (C=O) groups excluding carboxylic acids is 1. The highest BCUT2D eigenvalue weighted by atomic mass is 32.1. The van der Waals surface area contributed by atoms with Crippen LogP contribution in [0.15, 0.2) is 24.3 Å². The molecular formula is C17H23N3O3S. The van der Waals surface area contributed by atoms with E-state index in [0.29, 0.717) is 18.3 Å². The summed E-state index contributed by atoms with van der Waals surface area (Å²) in [5.41, 5.74) is 0.102. The molecule has 0 saturated carbocycles. The van der Waals surface area contributed by atoms with Gasteiger partial charge in [0.05, 0.1) is 12.6 Å². The molecule has 2 aliphatic rings. The van der Waals surface area contributed by atoms with Crippen molar-refractivity contribution in [3.05, 3.63) is 29.8 Å². The van der Waals surface area contributed by atoms with Gasteiger partial charge >= 0.3 is 0 Å². The van der Waals surface area contributed by atoms with Crippen LogP contribution in [0, 0.1) is 5.92 Å². The van der Waals surface area contributed by atoms with E-state index in [4.69, 9.17) is 21.7 Å². The lowest BCUT2D eigenvalue weighted by Gasteiger charge is -2.56. The molecule has 0 radical (unpaired) electrons. The van der Waals surface area contributed by atoms with Crippen molar-refractivity contribution in [1.29, 1.82) is 0 Å². The van der Waals surface area contributed by atoms with Gasteiger partial charge in [0, 0.05) is 33.3 Å². The van der Waals surface area contributed by atoms with Crippen LogP contribution in [-0.4, -0.2) is 60.9 Å². The number of methoxy groups -OCH3 is 1. The van der Waals surface area contributed by atoms with E-state index in [1.807, 2.05) is 36.1 Å². The summed E-state index contributed by atoms with van der Waals surface area (Å²) < 4.78 is 11.6. The Morgan fingerprint density at radius 3 is 2.83 bits per heavy atom. The van der Waals surface area contributed by atoms with Gasteiger partial charge in [-0.3, -0.25) is 4.79 Å². The zero-order valence-corrected chi connectivity index (χ0v) is 15.2. The molecule has 6 nitrogen and oxygen atoms in total. The molecule has 0 spiro atoms. The average molecular weight is 349 g/mol. The molecule has 3 atom stereocenters. The summed E-state index contributed by atoms with van der Waals surface area (Å²) in [7, 11) is 5.17. The first-order chi connectivity index (χ1) is 11.4. The molecule has 3 rings (SSSR count). The summed E-state index contributed by atoms with van der Waals surface area (Å²) in [4.78, 5) is 16.5. The number of rotatable bonds is 4. The molecule has 0 aromatic heterocycles. The number of thiocarbonyl (C=S) groups is 1. The highest BCUT2D eigenvalue weighted by molar-refractivity contribution is 7.80. The second-order valence-electron chi connectivity index (χ2n) is 6.48. The summed E-state index contributed by atoms with van der Waals surface area (Å²) in [6.45, 7) is 2.98. The standard InChI is InChI=1S/C17H23N3O3S/c1-17-13(15(21)19(2)3)14(11-7-5-6-8-12(11)23-17)18-16(24)20(17)9-10-22-4/h5-8,13-14H,9-10H2,1-4H3,(H,18,24)/t13-,14-,17+/m1/s1. The molecule has 2 aliphatic heterocycles. The van der Waals surface area contributed by atoms with Gasteiger partial charge in [0.15, 0.2) is 10.8 Å². The molecule has 24 heavy (non-hydrogen) atoms. The van der Waals surface area contributed by atoms with Gasteiger partial charge in [0.1, 0.15) is 11.7 Å². The van der Waals surface area contributed by atoms with Crippen LogP contribution in [0.5, 0.6) is 5.75 Å². The molecule has 1 aromatic rings. The minimum atomic E-state index is -0.860. The Hall–Kier alpha value is -1.86. The largest absolute Gasteiger partial charge is 0.467 e. The molecule has 1 saturated heterocycles. The Morgan fingerprint density at radius 1 is 1.46 bits per heavy atom. The maximum Gasteiger partial charge on any atom is 0.233 e. The van der Waals surface area contributed by atoms with Crippen molar-refractivity contribution in [3.63, 3.8) is 0 Å². The summed E-state index contributed by atoms with van der Waals surface area (Å²) >= 11 is 5.56. The summed E-state index contributed by atoms with van der Waals surface area (Å²) in [5.74, 6) is 0.380. The van der Waals surface area contributed by atoms with E-state index in [1.165, 1.54) is 0 Å². The van der Waals surface area contributed by atoms with Crippen molar-refractivity contribution < 1.29 is 14.3 Å². The van der Waals surface area contributed by atoms with Gasteiger partial charge in [0.25, 0.3) is 0 Å². The minimum Gasteiger partial charge on any atom is -0.467 e. The van der Waals surface area contributed by atoms with Crippen LogP contribution >= 0.6 is 12.2 Å². The van der Waals surface area contributed by atoms with E-state index in [2.05, 4.69) is 5.32 Å². The Balaban J connectivity index is 2.10. The topological polar surface area (TPSA) is 54.0 Å². The number of ether oxygens (including phenoxy) is 2. The predicted octanol–water partition coefficient (Wildman–Crippen LogP) is 1.38. The van der Waals surface area contributed by atoms with E-state index >= 15 is 0 Å². The zero-order valence-electron chi connectivity index (χ0n) is 14.4. The monoisotopic (exact) mass is 349 g/mol. The number of benzene rings is 1. The second kappa shape index (κ2) is 6.22. The molecule has 130 valence electrons. The van der Waals surface area contributed by atoms with E-state index in [9.17, 15) is 4.79 Å². The van der Waals surface area contributed by atoms with Crippen molar-refractivity contribution in [1.82, 2.24) is 15.1 Å². The quantitative estimate of drug-likeness (QED) is 0.829. The van der Waals surface area contributed by atoms with Crippen molar-refractivity contribution in [2.24, 2.45) is 5.92 Å². The van der Waals surface area contributed by atoms with Gasteiger partial charge < -0.3 is 24.6 Å². The fourth-order valence-electron chi connectivity index (χ4n) is 3.56. The third-order valence-corrected chi connectivity index (χ3v) is 5.11. The highest BCUT2D eigenvalue weighted by Crippen LogP contribution is 2.48. The summed E-state index contributed by atoms with van der Waals surface area (Å²) in [5, 5.41) is 3.93. The smallest absolute Gasteiger partial charge is 0.233 e. The first-order valence-electron chi connectivity index (χ1n) is 7.96. The van der Waals surface area contributed by atoms with E-state index in [0.717, 1.165) is 11.3 Å². The average Bonchev–Trinajstić information content (AvgIpc) is 2.53. The van der Waals surface area contributed by atoms with Crippen molar-refractivity contribution in [2.75, 3.05) is 34.4 Å². The molecule has 1 N–H and O–H groups in total. The molecule has 1 fully saturated rings. The van der Waals surface area contributed by atoms with Crippen LogP contribution in [-0.2, 0) is 9.53 Å². The number of hydrogen-bond acceptors (Lipinski definition) is 4. The maximum absolute atomic E-state index is 13.0. The van der Waals surface area contributed by atoms with Crippen molar-refractivity contribution >= 4 is 23.2 Å². The normalized spacial score (nSPS) is 27.8. The first-order valence-corrected chi connectivity index (χ1v) is 8.37. The third kappa shape index (κ3) is 2.52. The third-order valence-electron chi connectivity index (χ3n) is 4.77. The van der Waals surface area contributed by atoms with E-state index in [1.54, 1.807) is 26.1 Å². The van der Waals surface area contributed by atoms with Gasteiger partial charge in [0.2, 0.25) is 5.91 Å². The number of fused-ring (bicyclic) bond motifs is 4. The molecule has 1 aromatic carbocycles. The Bertz CT molecular complexity index is 666. The lowest BCUT2D eigenvalue weighted by molar-refractivity contribution is -0.162. The highest BCUT2D eigenvalue weighted by Gasteiger charge is 2.58. The lowest BCUT2D eigenvalue weighted by atomic mass is 9.78. The number of hydrogen-bond donors (Lipinski definition) is 1. The Kier molecular flexibility index (Phi) is 4.40. The van der Waals surface area contributed by atoms with Crippen LogP contribution in [0.25, 0.3) is 0 Å². The van der Waals surface area contributed by atoms with Crippen LogP contribution in [0.3, 0.4) is 0 Å². The van der Waals surface area contributed by atoms with Gasteiger partial charge in [-0.2, -0.15) is 0 Å². The fourth-order valence-corrected chi connectivity index (χ4v) is 3.96. The van der Waals surface area contributed by atoms with Crippen LogP contribution in [0.1, 0.15) is 18.5 Å². The first kappa shape index (κ1) is 17.0. The zero-order chi connectivity index (χ0) is 17.5. The number of nitrogens with zero attached hydrogens (tertiary/aromatic N) is 2. The second-order valence-corrected chi connectivity index (χ2v) is 6.86. The molecule has 2 bridgehead atoms. The number of carbonyl (C=O) groups is 1. The van der Waals surface area contributed by atoms with Gasteiger partial charge in [-0.1, -0.05) is 18.2 Å². The Labute approximate surface area is 147 Å². The van der Waals surface area contributed by atoms with Crippen LogP contribution in [0.2, 0.25) is 0 Å².